The topological polar surface area (TPSA) is 30.0 Å². The van der Waals surface area contributed by atoms with Crippen molar-refractivity contribution in [1.82, 2.24) is 0 Å². The highest BCUT2D eigenvalue weighted by atomic mass is 16.0. The lowest BCUT2D eigenvalue weighted by molar-refractivity contribution is -0.870. The highest BCUT2D eigenvalue weighted by molar-refractivity contribution is 4.34. The molecule has 0 saturated carbocycles. The number of hydrogen-bond acceptors (Lipinski definition) is 1. The lowest BCUT2D eigenvalue weighted by Crippen LogP contribution is -2.35. The van der Waals surface area contributed by atoms with E-state index >= 15 is 0 Å². The van der Waals surface area contributed by atoms with Crippen LogP contribution in [0.3, 0.4) is 0 Å². The van der Waals surface area contributed by atoms with Crippen molar-refractivity contribution in [1.29, 1.82) is 0 Å². The molecule has 0 amide bonds. The van der Waals surface area contributed by atoms with Crippen molar-refractivity contribution in [3.8, 4) is 0 Å². The molecule has 0 radical (unpaired) electrons. The molecule has 0 aliphatic heterocycles. The van der Waals surface area contributed by atoms with Crippen molar-refractivity contribution < 1.29 is 9.96 Å². The van der Waals surface area contributed by atoms with Crippen LogP contribution >= 0.6 is 0 Å². The first-order chi connectivity index (χ1) is 4.06. The number of rotatable bonds is 4. The number of unbranched alkanes of at least 4 members (excludes halogenated alkanes) is 2. The third kappa shape index (κ3) is 10.8. The zero-order valence-corrected chi connectivity index (χ0v) is 7.72. The van der Waals surface area contributed by atoms with Crippen molar-refractivity contribution in [2.75, 3.05) is 27.7 Å². The average molecular weight is 147 g/mol. The Morgan fingerprint density at radius 2 is 1.50 bits per heavy atom. The second-order valence-corrected chi connectivity index (χ2v) is 3.72. The zero-order valence-electron chi connectivity index (χ0n) is 7.72. The van der Waals surface area contributed by atoms with Gasteiger partial charge in [-0.05, 0) is 12.8 Å². The van der Waals surface area contributed by atoms with Crippen molar-refractivity contribution in [3.05, 3.63) is 0 Å². The molecule has 0 spiro atoms. The monoisotopic (exact) mass is 147 g/mol. The molecule has 1 N–H and O–H groups in total. The highest BCUT2D eigenvalue weighted by Gasteiger charge is 2.03. The Labute approximate surface area is 64.7 Å². The summed E-state index contributed by atoms with van der Waals surface area (Å²) in [6.45, 7) is 3.56. The lowest BCUT2D eigenvalue weighted by atomic mass is 10.2. The van der Waals surface area contributed by atoms with E-state index in [1.807, 2.05) is 0 Å². The Bertz CT molecular complexity index is 66.1. The van der Waals surface area contributed by atoms with Gasteiger partial charge < -0.3 is 9.96 Å². The molecule has 10 heavy (non-hydrogen) atoms. The van der Waals surface area contributed by atoms with E-state index in [1.165, 1.54) is 25.8 Å². The summed E-state index contributed by atoms with van der Waals surface area (Å²) in [6, 6.07) is 0. The van der Waals surface area contributed by atoms with Gasteiger partial charge in [-0.3, -0.25) is 0 Å². The van der Waals surface area contributed by atoms with Crippen molar-refractivity contribution in [3.63, 3.8) is 0 Å². The normalized spacial score (nSPS) is 10.8. The molecular weight excluding hydrogens is 126 g/mol. The number of nitrogens with zero attached hydrogens (tertiary/aromatic N) is 1. The maximum atomic E-state index is 2.25. The summed E-state index contributed by atoms with van der Waals surface area (Å²) in [7, 11) is 6.74. The summed E-state index contributed by atoms with van der Waals surface area (Å²) in [4.78, 5) is 0. The van der Waals surface area contributed by atoms with E-state index < -0.39 is 0 Å². The summed E-state index contributed by atoms with van der Waals surface area (Å²) < 4.78 is 1.11. The largest absolute Gasteiger partial charge is 0.870 e. The molecular formula is C8H21NO. The van der Waals surface area contributed by atoms with E-state index in [-0.39, 0.29) is 5.48 Å². The van der Waals surface area contributed by atoms with Crippen LogP contribution in [0, 0.1) is 0 Å². The van der Waals surface area contributed by atoms with E-state index in [9.17, 15) is 0 Å². The Morgan fingerprint density at radius 3 is 1.80 bits per heavy atom. The second kappa shape index (κ2) is 5.69. The van der Waals surface area contributed by atoms with E-state index in [2.05, 4.69) is 28.1 Å². The van der Waals surface area contributed by atoms with E-state index in [4.69, 9.17) is 0 Å². The molecule has 64 valence electrons. The van der Waals surface area contributed by atoms with Crippen LogP contribution in [-0.2, 0) is 0 Å². The van der Waals surface area contributed by atoms with Gasteiger partial charge in [0.15, 0.2) is 0 Å². The predicted octanol–water partition coefficient (Wildman–Crippen LogP) is 1.71. The fourth-order valence-corrected chi connectivity index (χ4v) is 0.836. The average Bonchev–Trinajstić information content (AvgIpc) is 1.63. The van der Waals surface area contributed by atoms with Crippen LogP contribution < -0.4 is 0 Å². The molecule has 0 fully saturated rings. The standard InChI is InChI=1S/C8H20N.H2O/c1-5-6-7-8-9(2,3)4;/h5-8H2,1-4H3;1H2/q+1;/p-1. The molecule has 0 aromatic heterocycles. The molecule has 0 saturated heterocycles. The van der Waals surface area contributed by atoms with Crippen LogP contribution in [0.5, 0.6) is 0 Å². The number of quaternary nitrogens is 1. The van der Waals surface area contributed by atoms with Gasteiger partial charge in [0.1, 0.15) is 0 Å². The Morgan fingerprint density at radius 1 is 1.00 bits per heavy atom. The summed E-state index contributed by atoms with van der Waals surface area (Å²) >= 11 is 0. The minimum atomic E-state index is 0. The van der Waals surface area contributed by atoms with Crippen LogP contribution in [0.25, 0.3) is 0 Å². The molecule has 0 aromatic rings. The first-order valence-corrected chi connectivity index (χ1v) is 3.86. The van der Waals surface area contributed by atoms with Gasteiger partial charge in [-0.1, -0.05) is 13.3 Å². The van der Waals surface area contributed by atoms with Gasteiger partial charge in [0.2, 0.25) is 0 Å². The molecule has 0 heterocycles. The van der Waals surface area contributed by atoms with E-state index in [0.717, 1.165) is 4.48 Å². The summed E-state index contributed by atoms with van der Waals surface area (Å²) in [6.07, 6.45) is 4.09. The van der Waals surface area contributed by atoms with Crippen LogP contribution in [0.2, 0.25) is 0 Å². The van der Waals surface area contributed by atoms with Crippen molar-refractivity contribution in [2.24, 2.45) is 0 Å². The summed E-state index contributed by atoms with van der Waals surface area (Å²) in [5.41, 5.74) is 0. The highest BCUT2D eigenvalue weighted by Crippen LogP contribution is 1.98. The zero-order chi connectivity index (χ0) is 7.33. The lowest BCUT2D eigenvalue weighted by Gasteiger charge is -2.23. The maximum absolute atomic E-state index is 2.25. The van der Waals surface area contributed by atoms with Gasteiger partial charge in [0, 0.05) is 0 Å². The number of hydrogen-bond donors (Lipinski definition) is 0. The van der Waals surface area contributed by atoms with Gasteiger partial charge in [0.25, 0.3) is 0 Å². The van der Waals surface area contributed by atoms with Crippen LogP contribution in [0.4, 0.5) is 0 Å². The van der Waals surface area contributed by atoms with Gasteiger partial charge >= 0.3 is 0 Å². The fourth-order valence-electron chi connectivity index (χ4n) is 0.836. The molecule has 0 rings (SSSR count). The summed E-state index contributed by atoms with van der Waals surface area (Å²) in [5.74, 6) is 0. The maximum Gasteiger partial charge on any atom is 0.0780 e. The Hall–Kier alpha value is -0.0800. The first-order valence-electron chi connectivity index (χ1n) is 3.86. The molecule has 0 atom stereocenters. The Kier molecular flexibility index (Phi) is 7.15. The SMILES string of the molecule is CCCCC[N+](C)(C)C.[OH-]. The predicted molar refractivity (Wildman–Crippen MR) is 44.4 cm³/mol. The molecule has 2 heteroatoms. The smallest absolute Gasteiger partial charge is 0.0780 e. The van der Waals surface area contributed by atoms with Gasteiger partial charge in [-0.2, -0.15) is 0 Å². The Balaban J connectivity index is 0. The van der Waals surface area contributed by atoms with E-state index in [1.54, 1.807) is 0 Å². The van der Waals surface area contributed by atoms with Crippen LogP contribution in [-0.4, -0.2) is 37.6 Å². The van der Waals surface area contributed by atoms with Crippen molar-refractivity contribution in [2.45, 2.75) is 26.2 Å². The fraction of sp³-hybridized carbons (Fsp3) is 1.00. The summed E-state index contributed by atoms with van der Waals surface area (Å²) in [5, 5.41) is 0. The van der Waals surface area contributed by atoms with Crippen molar-refractivity contribution >= 4 is 0 Å². The molecule has 0 bridgehead atoms. The van der Waals surface area contributed by atoms with E-state index in [0.29, 0.717) is 0 Å². The quantitative estimate of drug-likeness (QED) is 0.440. The van der Waals surface area contributed by atoms with Gasteiger partial charge in [0.05, 0.1) is 27.7 Å². The van der Waals surface area contributed by atoms with Gasteiger partial charge in [-0.25, -0.2) is 0 Å². The third-order valence-corrected chi connectivity index (χ3v) is 1.43. The molecule has 0 aliphatic rings. The molecule has 0 aromatic carbocycles. The minimum absolute atomic E-state index is 0. The minimum Gasteiger partial charge on any atom is -0.870 e. The molecule has 0 aliphatic carbocycles. The molecule has 0 unspecified atom stereocenters. The molecule has 2 nitrogen and oxygen atoms in total. The van der Waals surface area contributed by atoms with Gasteiger partial charge in [-0.15, -0.1) is 0 Å². The third-order valence-electron chi connectivity index (χ3n) is 1.43. The van der Waals surface area contributed by atoms with Crippen LogP contribution in [0.15, 0.2) is 0 Å². The van der Waals surface area contributed by atoms with Crippen LogP contribution in [0.1, 0.15) is 26.2 Å². The second-order valence-electron chi connectivity index (χ2n) is 3.72. The first kappa shape index (κ1) is 12.6.